The molecule has 0 aliphatic heterocycles. The predicted octanol–water partition coefficient (Wildman–Crippen LogP) is -0.479. The smallest absolute Gasteiger partial charge is 0.323 e. The zero-order valence-electron chi connectivity index (χ0n) is 13.3. The molecule has 11 heteroatoms. The summed E-state index contributed by atoms with van der Waals surface area (Å²) in [7, 11) is -3.76. The number of ether oxygens (including phenoxy) is 1. The maximum atomic E-state index is 12.0. The molecule has 0 fully saturated rings. The molecule has 1 amide bonds. The molecule has 140 valence electrons. The van der Waals surface area contributed by atoms with E-state index in [1.165, 1.54) is 12.1 Å². The molecule has 1 aromatic carbocycles. The van der Waals surface area contributed by atoms with Gasteiger partial charge in [0.1, 0.15) is 18.4 Å². The second-order valence-corrected chi connectivity index (χ2v) is 7.55. The SMILES string of the molecule is NCCOc1ccc(C(=O)NC[C@H](NS(=O)(=O)CCBr)C(=O)O)cc1. The molecular weight excluding hydrogens is 418 g/mol. The highest BCUT2D eigenvalue weighted by molar-refractivity contribution is 9.09. The minimum atomic E-state index is -3.76. The van der Waals surface area contributed by atoms with E-state index >= 15 is 0 Å². The molecule has 0 aromatic heterocycles. The van der Waals surface area contributed by atoms with Gasteiger partial charge in [-0.15, -0.1) is 0 Å². The number of aliphatic carboxylic acids is 1. The number of rotatable bonds is 11. The van der Waals surface area contributed by atoms with Crippen molar-refractivity contribution >= 4 is 37.8 Å². The molecule has 0 saturated carbocycles. The monoisotopic (exact) mass is 437 g/mol. The van der Waals surface area contributed by atoms with Crippen LogP contribution < -0.4 is 20.5 Å². The zero-order valence-corrected chi connectivity index (χ0v) is 15.7. The van der Waals surface area contributed by atoms with Gasteiger partial charge < -0.3 is 20.9 Å². The van der Waals surface area contributed by atoms with Crippen LogP contribution in [-0.2, 0) is 14.8 Å². The molecule has 0 aliphatic carbocycles. The number of carboxylic acid groups (broad SMARTS) is 1. The van der Waals surface area contributed by atoms with Crippen LogP contribution in [0.15, 0.2) is 24.3 Å². The lowest BCUT2D eigenvalue weighted by atomic mass is 10.2. The van der Waals surface area contributed by atoms with Gasteiger partial charge in [0.05, 0.1) is 5.75 Å². The van der Waals surface area contributed by atoms with Crippen molar-refractivity contribution in [1.29, 1.82) is 0 Å². The third kappa shape index (κ3) is 7.82. The van der Waals surface area contributed by atoms with Crippen molar-refractivity contribution in [2.45, 2.75) is 6.04 Å². The van der Waals surface area contributed by atoms with Gasteiger partial charge in [-0.3, -0.25) is 9.59 Å². The fourth-order valence-corrected chi connectivity index (χ4v) is 3.95. The van der Waals surface area contributed by atoms with Crippen molar-refractivity contribution in [2.24, 2.45) is 5.73 Å². The summed E-state index contributed by atoms with van der Waals surface area (Å²) in [6.45, 7) is 0.325. The van der Waals surface area contributed by atoms with Gasteiger partial charge in [0, 0.05) is 24.0 Å². The van der Waals surface area contributed by atoms with Gasteiger partial charge in [0.2, 0.25) is 10.0 Å². The second kappa shape index (κ2) is 10.3. The number of benzene rings is 1. The summed E-state index contributed by atoms with van der Waals surface area (Å²) in [6.07, 6.45) is 0. The Bertz CT molecular complexity index is 680. The lowest BCUT2D eigenvalue weighted by Crippen LogP contribution is -2.49. The lowest BCUT2D eigenvalue weighted by molar-refractivity contribution is -0.138. The molecule has 0 radical (unpaired) electrons. The molecule has 5 N–H and O–H groups in total. The highest BCUT2D eigenvalue weighted by Crippen LogP contribution is 2.11. The Kier molecular flexibility index (Phi) is 8.83. The number of nitrogens with one attached hydrogen (secondary N) is 2. The Morgan fingerprint density at radius 1 is 1.28 bits per heavy atom. The van der Waals surface area contributed by atoms with Gasteiger partial charge in [0.25, 0.3) is 5.91 Å². The first-order valence-electron chi connectivity index (χ1n) is 7.29. The highest BCUT2D eigenvalue weighted by Gasteiger charge is 2.24. The van der Waals surface area contributed by atoms with Gasteiger partial charge in [-0.1, -0.05) is 15.9 Å². The number of carboxylic acids is 1. The summed E-state index contributed by atoms with van der Waals surface area (Å²) in [5.41, 5.74) is 5.61. The Morgan fingerprint density at radius 2 is 1.92 bits per heavy atom. The molecule has 1 rings (SSSR count). The summed E-state index contributed by atoms with van der Waals surface area (Å²) >= 11 is 2.97. The fraction of sp³-hybridized carbons (Fsp3) is 0.429. The molecule has 9 nitrogen and oxygen atoms in total. The van der Waals surface area contributed by atoms with Crippen LogP contribution in [-0.4, -0.2) is 62.2 Å². The van der Waals surface area contributed by atoms with Gasteiger partial charge in [-0.25, -0.2) is 8.42 Å². The van der Waals surface area contributed by atoms with E-state index in [4.69, 9.17) is 15.6 Å². The fourth-order valence-electron chi connectivity index (χ4n) is 1.73. The summed E-state index contributed by atoms with van der Waals surface area (Å²) in [4.78, 5) is 23.2. The summed E-state index contributed by atoms with van der Waals surface area (Å²) in [5.74, 6) is -1.64. The molecule has 1 aromatic rings. The van der Waals surface area contributed by atoms with E-state index in [-0.39, 0.29) is 23.2 Å². The maximum Gasteiger partial charge on any atom is 0.323 e. The van der Waals surface area contributed by atoms with Crippen LogP contribution >= 0.6 is 15.9 Å². The molecule has 0 saturated heterocycles. The quantitative estimate of drug-likeness (QED) is 0.341. The molecule has 0 aliphatic rings. The van der Waals surface area contributed by atoms with Crippen LogP contribution in [0.4, 0.5) is 0 Å². The van der Waals surface area contributed by atoms with Crippen LogP contribution in [0.5, 0.6) is 5.75 Å². The molecule has 0 heterocycles. The van der Waals surface area contributed by atoms with E-state index in [0.717, 1.165) is 0 Å². The van der Waals surface area contributed by atoms with Crippen molar-refractivity contribution < 1.29 is 27.9 Å². The first kappa shape index (κ1) is 21.4. The molecule has 0 unspecified atom stereocenters. The topological polar surface area (TPSA) is 148 Å². The van der Waals surface area contributed by atoms with Gasteiger partial charge in [0.15, 0.2) is 0 Å². The summed E-state index contributed by atoms with van der Waals surface area (Å²) in [5, 5.41) is 11.6. The van der Waals surface area contributed by atoms with E-state index in [1.807, 2.05) is 4.72 Å². The van der Waals surface area contributed by atoms with Crippen LogP contribution in [0.3, 0.4) is 0 Å². The molecule has 25 heavy (non-hydrogen) atoms. The molecule has 0 bridgehead atoms. The van der Waals surface area contributed by atoms with Crippen LogP contribution in [0.2, 0.25) is 0 Å². The molecular formula is C14H20BrN3O6S. The number of alkyl halides is 1. The second-order valence-electron chi connectivity index (χ2n) is 4.89. The first-order chi connectivity index (χ1) is 11.8. The normalized spacial score (nSPS) is 12.4. The van der Waals surface area contributed by atoms with E-state index in [9.17, 15) is 18.0 Å². The van der Waals surface area contributed by atoms with E-state index in [1.54, 1.807) is 12.1 Å². The largest absolute Gasteiger partial charge is 0.492 e. The van der Waals surface area contributed by atoms with E-state index in [0.29, 0.717) is 18.9 Å². The van der Waals surface area contributed by atoms with Gasteiger partial charge in [-0.2, -0.15) is 4.72 Å². The Morgan fingerprint density at radius 3 is 2.44 bits per heavy atom. The minimum Gasteiger partial charge on any atom is -0.492 e. The lowest BCUT2D eigenvalue weighted by Gasteiger charge is -2.15. The van der Waals surface area contributed by atoms with E-state index in [2.05, 4.69) is 21.2 Å². The molecule has 0 spiro atoms. The van der Waals surface area contributed by atoms with Gasteiger partial charge in [-0.05, 0) is 24.3 Å². The average Bonchev–Trinajstić information content (AvgIpc) is 2.56. The zero-order chi connectivity index (χ0) is 18.9. The van der Waals surface area contributed by atoms with Gasteiger partial charge >= 0.3 is 5.97 Å². The number of halogens is 1. The van der Waals surface area contributed by atoms with Crippen molar-refractivity contribution in [2.75, 3.05) is 30.8 Å². The van der Waals surface area contributed by atoms with Crippen molar-refractivity contribution in [3.8, 4) is 5.75 Å². The molecule has 1 atom stereocenters. The van der Waals surface area contributed by atoms with Crippen molar-refractivity contribution in [1.82, 2.24) is 10.0 Å². The van der Waals surface area contributed by atoms with Crippen LogP contribution in [0, 0.1) is 0 Å². The number of nitrogens with two attached hydrogens (primary N) is 1. The number of sulfonamides is 1. The van der Waals surface area contributed by atoms with Crippen molar-refractivity contribution in [3.05, 3.63) is 29.8 Å². The van der Waals surface area contributed by atoms with Crippen LogP contribution in [0.25, 0.3) is 0 Å². The summed E-state index contributed by atoms with van der Waals surface area (Å²) in [6, 6.07) is 4.72. The summed E-state index contributed by atoms with van der Waals surface area (Å²) < 4.78 is 30.6. The Balaban J connectivity index is 2.64. The third-order valence-corrected chi connectivity index (χ3v) is 5.24. The Hall–Kier alpha value is -1.69. The van der Waals surface area contributed by atoms with Crippen molar-refractivity contribution in [3.63, 3.8) is 0 Å². The third-order valence-electron chi connectivity index (χ3n) is 2.94. The minimum absolute atomic E-state index is 0.166. The number of hydrogen-bond donors (Lipinski definition) is 4. The maximum absolute atomic E-state index is 12.0. The highest BCUT2D eigenvalue weighted by atomic mass is 79.9. The van der Waals surface area contributed by atoms with E-state index < -0.39 is 27.9 Å². The number of carbonyl (C=O) groups is 2. The standard InChI is InChI=1S/C14H20BrN3O6S/c15-5-8-25(22,23)18-12(14(20)21)9-17-13(19)10-1-3-11(4-2-10)24-7-6-16/h1-4,12,18H,5-9,16H2,(H,17,19)(H,20,21)/t12-/m0/s1. The van der Waals surface area contributed by atoms with Crippen LogP contribution in [0.1, 0.15) is 10.4 Å². The number of hydrogen-bond acceptors (Lipinski definition) is 6. The number of carbonyl (C=O) groups excluding carboxylic acids is 1. The number of amides is 1. The average molecular weight is 438 g/mol. The Labute approximate surface area is 154 Å². The predicted molar refractivity (Wildman–Crippen MR) is 95.5 cm³/mol. The first-order valence-corrected chi connectivity index (χ1v) is 10.1.